The van der Waals surface area contributed by atoms with E-state index in [0.29, 0.717) is 12.1 Å². The van der Waals surface area contributed by atoms with Crippen molar-refractivity contribution in [3.8, 4) is 5.75 Å². The SMILES string of the molecule is CC(n1ncnn1)C(F)(c1ccc(OC(F)(F)F)cc1)c1ccc(C(F)(F)F)cc1. The van der Waals surface area contributed by atoms with Crippen molar-refractivity contribution in [2.24, 2.45) is 0 Å². The molecule has 3 aromatic rings. The molecular formula is C18H13F7N4O. The topological polar surface area (TPSA) is 52.8 Å². The lowest BCUT2D eigenvalue weighted by atomic mass is 9.82. The summed E-state index contributed by atoms with van der Waals surface area (Å²) in [6.07, 6.45) is -8.50. The average molecular weight is 434 g/mol. The van der Waals surface area contributed by atoms with Gasteiger partial charge in [0, 0.05) is 0 Å². The van der Waals surface area contributed by atoms with Gasteiger partial charge in [0.15, 0.2) is 12.0 Å². The smallest absolute Gasteiger partial charge is 0.406 e. The summed E-state index contributed by atoms with van der Waals surface area (Å²) in [6, 6.07) is 6.04. The van der Waals surface area contributed by atoms with Crippen LogP contribution in [0.15, 0.2) is 54.9 Å². The van der Waals surface area contributed by atoms with E-state index >= 15 is 4.39 Å². The van der Waals surface area contributed by atoms with Crippen LogP contribution in [0.3, 0.4) is 0 Å². The Morgan fingerprint density at radius 2 is 1.30 bits per heavy atom. The van der Waals surface area contributed by atoms with Crippen LogP contribution >= 0.6 is 0 Å². The first-order chi connectivity index (χ1) is 13.9. The minimum atomic E-state index is -4.93. The molecule has 3 rings (SSSR count). The van der Waals surface area contributed by atoms with Crippen molar-refractivity contribution in [2.45, 2.75) is 31.2 Å². The summed E-state index contributed by atoms with van der Waals surface area (Å²) in [6.45, 7) is 1.36. The molecule has 0 amide bonds. The predicted molar refractivity (Wildman–Crippen MR) is 89.0 cm³/mol. The summed E-state index contributed by atoms with van der Waals surface area (Å²) in [5.74, 6) is -0.576. The number of rotatable bonds is 5. The standard InChI is InChI=1S/C18H13F7N4O/c1-11(29-27-10-26-28-29)16(19,12-2-4-14(5-3-12)17(20,21)22)13-6-8-15(9-7-13)30-18(23,24)25/h2-11H,1H3. The number of ether oxygens (including phenoxy) is 1. The maximum absolute atomic E-state index is 16.4. The van der Waals surface area contributed by atoms with Gasteiger partial charge in [0.25, 0.3) is 0 Å². The average Bonchev–Trinajstić information content (AvgIpc) is 3.20. The Bertz CT molecular complexity index is 970. The van der Waals surface area contributed by atoms with Gasteiger partial charge in [-0.1, -0.05) is 24.3 Å². The minimum Gasteiger partial charge on any atom is -0.406 e. The third-order valence-corrected chi connectivity index (χ3v) is 4.43. The van der Waals surface area contributed by atoms with E-state index in [-0.39, 0.29) is 11.1 Å². The van der Waals surface area contributed by atoms with Crippen LogP contribution in [0.5, 0.6) is 5.75 Å². The second-order valence-electron chi connectivity index (χ2n) is 6.29. The van der Waals surface area contributed by atoms with Crippen LogP contribution in [0.1, 0.15) is 29.7 Å². The van der Waals surface area contributed by atoms with Crippen molar-refractivity contribution < 1.29 is 35.5 Å². The third kappa shape index (κ3) is 4.36. The normalized spacial score (nSPS) is 15.5. The van der Waals surface area contributed by atoms with Crippen molar-refractivity contribution in [2.75, 3.05) is 0 Å². The Morgan fingerprint density at radius 3 is 1.73 bits per heavy atom. The number of halogens is 7. The molecule has 0 saturated heterocycles. The lowest BCUT2D eigenvalue weighted by Gasteiger charge is -2.32. The Labute approximate surface area is 165 Å². The van der Waals surface area contributed by atoms with Gasteiger partial charge in [-0.2, -0.15) is 18.0 Å². The predicted octanol–water partition coefficient (Wildman–Crippen LogP) is 5.06. The van der Waals surface area contributed by atoms with Crippen molar-refractivity contribution in [1.82, 2.24) is 20.2 Å². The largest absolute Gasteiger partial charge is 0.573 e. The van der Waals surface area contributed by atoms with E-state index in [2.05, 4.69) is 20.1 Å². The number of alkyl halides is 7. The summed E-state index contributed by atoms with van der Waals surface area (Å²) in [5.41, 5.74) is -3.79. The van der Waals surface area contributed by atoms with Gasteiger partial charge >= 0.3 is 12.5 Å². The first-order valence-corrected chi connectivity index (χ1v) is 8.36. The van der Waals surface area contributed by atoms with Crippen LogP contribution in [0, 0.1) is 0 Å². The molecule has 0 spiro atoms. The highest BCUT2D eigenvalue weighted by Gasteiger charge is 2.43. The number of tetrazole rings is 1. The van der Waals surface area contributed by atoms with Crippen LogP contribution in [-0.4, -0.2) is 26.6 Å². The van der Waals surface area contributed by atoms with E-state index in [1.165, 1.54) is 6.92 Å². The quantitative estimate of drug-likeness (QED) is 0.527. The molecule has 2 aromatic carbocycles. The third-order valence-electron chi connectivity index (χ3n) is 4.43. The molecule has 1 heterocycles. The van der Waals surface area contributed by atoms with E-state index in [0.717, 1.165) is 47.5 Å². The van der Waals surface area contributed by atoms with Gasteiger partial charge in [-0.15, -0.1) is 23.4 Å². The van der Waals surface area contributed by atoms with Crippen LogP contribution in [0.4, 0.5) is 30.7 Å². The fraction of sp³-hybridized carbons (Fsp3) is 0.278. The molecule has 0 radical (unpaired) electrons. The van der Waals surface area contributed by atoms with Crippen LogP contribution in [-0.2, 0) is 11.8 Å². The highest BCUT2D eigenvalue weighted by Crippen LogP contribution is 2.44. The summed E-state index contributed by atoms with van der Waals surface area (Å²) in [5, 5.41) is 10.9. The highest BCUT2D eigenvalue weighted by molar-refractivity contribution is 5.41. The number of aromatic nitrogens is 4. The van der Waals surface area contributed by atoms with E-state index < -0.39 is 35.6 Å². The van der Waals surface area contributed by atoms with Gasteiger partial charge in [-0.25, -0.2) is 4.39 Å². The fourth-order valence-corrected chi connectivity index (χ4v) is 2.96. The molecule has 1 aromatic heterocycles. The Kier molecular flexibility index (Phi) is 5.44. The number of hydrogen-bond donors (Lipinski definition) is 0. The summed E-state index contributed by atoms with van der Waals surface area (Å²) < 4.78 is 95.9. The number of hydrogen-bond acceptors (Lipinski definition) is 4. The highest BCUT2D eigenvalue weighted by atomic mass is 19.4. The molecule has 12 heteroatoms. The lowest BCUT2D eigenvalue weighted by molar-refractivity contribution is -0.274. The Hall–Kier alpha value is -3.18. The van der Waals surface area contributed by atoms with Crippen molar-refractivity contribution in [3.63, 3.8) is 0 Å². The second-order valence-corrected chi connectivity index (χ2v) is 6.29. The molecule has 30 heavy (non-hydrogen) atoms. The maximum Gasteiger partial charge on any atom is 0.573 e. The fourth-order valence-electron chi connectivity index (χ4n) is 2.96. The molecule has 2 unspecified atom stereocenters. The van der Waals surface area contributed by atoms with E-state index in [1.54, 1.807) is 0 Å². The molecule has 0 bridgehead atoms. The molecule has 2 atom stereocenters. The Morgan fingerprint density at radius 1 is 0.800 bits per heavy atom. The van der Waals surface area contributed by atoms with Gasteiger partial charge in [0.2, 0.25) is 0 Å². The van der Waals surface area contributed by atoms with Crippen LogP contribution in [0.25, 0.3) is 0 Å². The zero-order valence-corrected chi connectivity index (χ0v) is 15.1. The Balaban J connectivity index is 2.06. The first-order valence-electron chi connectivity index (χ1n) is 8.36. The molecule has 0 aliphatic rings. The molecule has 0 saturated carbocycles. The first kappa shape index (κ1) is 21.5. The molecular weight excluding hydrogens is 421 g/mol. The van der Waals surface area contributed by atoms with Crippen molar-refractivity contribution >= 4 is 0 Å². The summed E-state index contributed by atoms with van der Waals surface area (Å²) in [7, 11) is 0. The van der Waals surface area contributed by atoms with Gasteiger partial charge in [0.1, 0.15) is 11.8 Å². The second kappa shape index (κ2) is 7.58. The van der Waals surface area contributed by atoms with E-state index in [9.17, 15) is 26.3 Å². The van der Waals surface area contributed by atoms with Gasteiger partial charge in [0.05, 0.1) is 5.56 Å². The van der Waals surface area contributed by atoms with E-state index in [1.807, 2.05) is 0 Å². The molecule has 160 valence electrons. The minimum absolute atomic E-state index is 0.137. The summed E-state index contributed by atoms with van der Waals surface area (Å²) in [4.78, 5) is 0.914. The van der Waals surface area contributed by atoms with Crippen LogP contribution < -0.4 is 4.74 Å². The monoisotopic (exact) mass is 434 g/mol. The summed E-state index contributed by atoms with van der Waals surface area (Å²) >= 11 is 0. The zero-order valence-electron chi connectivity index (χ0n) is 15.1. The molecule has 0 aliphatic heterocycles. The van der Waals surface area contributed by atoms with Crippen LogP contribution in [0.2, 0.25) is 0 Å². The van der Waals surface area contributed by atoms with Gasteiger partial charge < -0.3 is 4.74 Å². The molecule has 0 N–H and O–H groups in total. The number of benzene rings is 2. The molecule has 0 aliphatic carbocycles. The van der Waals surface area contributed by atoms with Gasteiger partial charge in [-0.3, -0.25) is 0 Å². The number of nitrogens with zero attached hydrogens (tertiary/aromatic N) is 4. The molecule has 5 nitrogen and oxygen atoms in total. The molecule has 0 fully saturated rings. The van der Waals surface area contributed by atoms with Gasteiger partial charge in [-0.05, 0) is 47.5 Å². The lowest BCUT2D eigenvalue weighted by Crippen LogP contribution is -2.34. The van der Waals surface area contributed by atoms with E-state index in [4.69, 9.17) is 0 Å². The van der Waals surface area contributed by atoms with Crippen molar-refractivity contribution in [1.29, 1.82) is 0 Å². The van der Waals surface area contributed by atoms with Crippen molar-refractivity contribution in [3.05, 3.63) is 71.5 Å². The zero-order chi connectivity index (χ0) is 22.2. The maximum atomic E-state index is 16.4.